The smallest absolute Gasteiger partial charge is 0.286 e. The van der Waals surface area contributed by atoms with Gasteiger partial charge in [0.1, 0.15) is 12.5 Å². The van der Waals surface area contributed by atoms with Crippen molar-refractivity contribution in [1.29, 1.82) is 0 Å². The first kappa shape index (κ1) is 35.1. The van der Waals surface area contributed by atoms with E-state index in [4.69, 9.17) is 19.3 Å². The van der Waals surface area contributed by atoms with Gasteiger partial charge in [0, 0.05) is 103 Å². The van der Waals surface area contributed by atoms with Crippen molar-refractivity contribution in [1.82, 2.24) is 19.6 Å². The summed E-state index contributed by atoms with van der Waals surface area (Å²) in [5.74, 6) is 2.36. The first-order valence-corrected chi connectivity index (χ1v) is 16.6. The fourth-order valence-electron chi connectivity index (χ4n) is 6.78. The van der Waals surface area contributed by atoms with Gasteiger partial charge in [-0.05, 0) is 25.7 Å². The van der Waals surface area contributed by atoms with Gasteiger partial charge in [0.2, 0.25) is 0 Å². The summed E-state index contributed by atoms with van der Waals surface area (Å²) < 4.78 is 16.7. The van der Waals surface area contributed by atoms with E-state index in [0.29, 0.717) is 68.8 Å². The van der Waals surface area contributed by atoms with Crippen LogP contribution in [0.25, 0.3) is 0 Å². The van der Waals surface area contributed by atoms with E-state index < -0.39 is 6.23 Å². The van der Waals surface area contributed by atoms with Crippen LogP contribution in [0.4, 0.5) is 0 Å². The number of ether oxygens (including phenoxy) is 3. The summed E-state index contributed by atoms with van der Waals surface area (Å²) in [4.78, 5) is 30.2. The van der Waals surface area contributed by atoms with Crippen molar-refractivity contribution in [3.8, 4) is 0 Å². The van der Waals surface area contributed by atoms with Crippen molar-refractivity contribution in [2.75, 3.05) is 78.9 Å². The molecule has 45 heavy (non-hydrogen) atoms. The van der Waals surface area contributed by atoms with Gasteiger partial charge in [-0.2, -0.15) is 0 Å². The number of nitrogens with zero attached hydrogens (tertiary/aromatic N) is 6. The minimum atomic E-state index is -0.580. The molecule has 0 aromatic heterocycles. The molecule has 0 aliphatic carbocycles. The fourth-order valence-corrected chi connectivity index (χ4v) is 6.78. The zero-order chi connectivity index (χ0) is 32.3. The number of hydrogen-bond acceptors (Lipinski definition) is 13. The molecule has 0 aromatic rings. The quantitative estimate of drug-likeness (QED) is 0.264. The van der Waals surface area contributed by atoms with Gasteiger partial charge in [0.05, 0.1) is 23.1 Å². The lowest BCUT2D eigenvalue weighted by atomic mass is 10.1. The Morgan fingerprint density at radius 3 is 1.78 bits per heavy atom. The molecule has 0 spiro atoms. The van der Waals surface area contributed by atoms with Gasteiger partial charge in [-0.3, -0.25) is 20.2 Å². The van der Waals surface area contributed by atoms with Crippen molar-refractivity contribution in [2.24, 2.45) is 11.8 Å². The highest BCUT2D eigenvalue weighted by Gasteiger charge is 2.43. The summed E-state index contributed by atoms with van der Waals surface area (Å²) in [5, 5.41) is 40.5. The predicted octanol–water partition coefficient (Wildman–Crippen LogP) is 2.22. The van der Waals surface area contributed by atoms with Crippen molar-refractivity contribution in [3.05, 3.63) is 43.3 Å². The van der Waals surface area contributed by atoms with Crippen LogP contribution in [0.3, 0.4) is 0 Å². The maximum absolute atomic E-state index is 11.4. The van der Waals surface area contributed by atoms with Gasteiger partial charge in [0.15, 0.2) is 11.6 Å². The highest BCUT2D eigenvalue weighted by atomic mass is 16.6. The molecule has 0 amide bonds. The third kappa shape index (κ3) is 8.97. The van der Waals surface area contributed by atoms with Crippen LogP contribution < -0.4 is 0 Å². The molecular formula is C30H52N6O9. The van der Waals surface area contributed by atoms with Crippen LogP contribution in [0.5, 0.6) is 0 Å². The molecule has 4 saturated heterocycles. The number of rotatable bonds is 10. The molecular weight excluding hydrogens is 588 g/mol. The largest absolute Gasteiger partial charge is 0.396 e. The van der Waals surface area contributed by atoms with Crippen LogP contribution in [0, 0.1) is 32.1 Å². The summed E-state index contributed by atoms with van der Waals surface area (Å²) >= 11 is 0. The molecule has 0 aromatic carbocycles. The summed E-state index contributed by atoms with van der Waals surface area (Å²) in [7, 11) is 0. The second-order valence-corrected chi connectivity index (χ2v) is 12.4. The molecule has 6 rings (SSSR count). The first-order valence-electron chi connectivity index (χ1n) is 16.6. The molecule has 2 N–H and O–H groups in total. The lowest BCUT2D eigenvalue weighted by Gasteiger charge is -2.35. The van der Waals surface area contributed by atoms with Gasteiger partial charge in [0.25, 0.3) is 11.4 Å². The van der Waals surface area contributed by atoms with E-state index >= 15 is 0 Å². The van der Waals surface area contributed by atoms with E-state index in [-0.39, 0.29) is 21.8 Å². The van der Waals surface area contributed by atoms with Gasteiger partial charge in [-0.15, -0.1) is 0 Å². The van der Waals surface area contributed by atoms with Crippen LogP contribution in [-0.4, -0.2) is 131 Å². The summed E-state index contributed by atoms with van der Waals surface area (Å²) in [6.07, 6.45) is 5.30. The predicted molar refractivity (Wildman–Crippen MR) is 164 cm³/mol. The summed E-state index contributed by atoms with van der Waals surface area (Å²) in [6, 6.07) is 0. The highest BCUT2D eigenvalue weighted by molar-refractivity contribution is 5.16. The van der Waals surface area contributed by atoms with E-state index in [1.54, 1.807) is 4.90 Å². The Morgan fingerprint density at radius 1 is 0.800 bits per heavy atom. The van der Waals surface area contributed by atoms with Crippen molar-refractivity contribution in [3.63, 3.8) is 0 Å². The van der Waals surface area contributed by atoms with E-state index in [1.807, 2.05) is 6.92 Å². The monoisotopic (exact) mass is 640 g/mol. The second-order valence-electron chi connectivity index (χ2n) is 12.4. The van der Waals surface area contributed by atoms with Crippen LogP contribution in [-0.2, 0) is 14.2 Å². The Morgan fingerprint density at radius 2 is 1.31 bits per heavy atom. The second kappa shape index (κ2) is 17.3. The van der Waals surface area contributed by atoms with Gasteiger partial charge >= 0.3 is 0 Å². The minimum absolute atomic E-state index is 0.0107. The molecule has 0 saturated carbocycles. The molecule has 4 atom stereocenters. The highest BCUT2D eigenvalue weighted by Crippen LogP contribution is 2.36. The Kier molecular flexibility index (Phi) is 13.5. The van der Waals surface area contributed by atoms with Crippen molar-refractivity contribution >= 4 is 0 Å². The number of aliphatic hydroxyl groups excluding tert-OH is 2. The number of aliphatic hydroxyl groups is 2. The van der Waals surface area contributed by atoms with Crippen LogP contribution in [0.1, 0.15) is 65.2 Å². The zero-order valence-electron chi connectivity index (χ0n) is 26.9. The zero-order valence-corrected chi connectivity index (χ0v) is 26.9. The molecule has 0 bridgehead atoms. The van der Waals surface area contributed by atoms with E-state index in [0.717, 1.165) is 90.7 Å². The first-order chi connectivity index (χ1) is 21.8. The van der Waals surface area contributed by atoms with E-state index in [9.17, 15) is 25.3 Å². The SMILES string of the molecule is CCCO.CCCOC1CCC([N+](=O)[O-])=C2N(CC3CCOC3)CCN21.O=[N+]([O-])C1=C2N(CC3CCOC3)CCN2C(O)CC1. The average Bonchev–Trinajstić information content (AvgIpc) is 3.86. The van der Waals surface area contributed by atoms with Crippen LogP contribution in [0.2, 0.25) is 0 Å². The standard InChI is InChI=1S/C15H25N3O4.C12H19N3O4.C3H8O/c1-2-8-22-14-4-3-13(18(19)20)15-16(6-7-17(14)15)10-12-5-9-21-11-12;16-11-2-1-10(15(17)18)12-13(4-5-14(11)12)7-9-3-6-19-8-9;1-2-3-4/h12,14H,2-11H2,1H3;9,11,16H,1-8H2;4H,2-3H2,1H3. The fraction of sp³-hybridized carbons (Fsp3) is 0.867. The summed E-state index contributed by atoms with van der Waals surface area (Å²) in [6.45, 7) is 12.9. The topological polar surface area (TPSA) is 167 Å². The number of hydrogen-bond donors (Lipinski definition) is 2. The van der Waals surface area contributed by atoms with Gasteiger partial charge in [-0.25, -0.2) is 0 Å². The Hall–Kier alpha value is -2.72. The van der Waals surface area contributed by atoms with Crippen molar-refractivity contribution in [2.45, 2.75) is 77.7 Å². The van der Waals surface area contributed by atoms with Gasteiger partial charge in [-0.1, -0.05) is 13.8 Å². The van der Waals surface area contributed by atoms with Gasteiger partial charge < -0.3 is 44.0 Å². The average molecular weight is 641 g/mol. The molecule has 6 heterocycles. The third-order valence-corrected chi connectivity index (χ3v) is 9.04. The molecule has 15 heteroatoms. The number of allylic oxidation sites excluding steroid dienone is 2. The van der Waals surface area contributed by atoms with Crippen LogP contribution in [0.15, 0.2) is 23.0 Å². The van der Waals surface area contributed by atoms with Crippen molar-refractivity contribution < 1.29 is 34.3 Å². The summed E-state index contributed by atoms with van der Waals surface area (Å²) in [5.41, 5.74) is 0.606. The molecule has 4 unspecified atom stereocenters. The lowest BCUT2D eigenvalue weighted by Crippen LogP contribution is -2.41. The number of fused-ring (bicyclic) bond motifs is 2. The Balaban J connectivity index is 0.000000185. The molecule has 0 radical (unpaired) electrons. The van der Waals surface area contributed by atoms with Crippen LogP contribution >= 0.6 is 0 Å². The normalized spacial score (nSPS) is 27.6. The molecule has 4 fully saturated rings. The molecule has 256 valence electrons. The third-order valence-electron chi connectivity index (χ3n) is 9.04. The Bertz CT molecular complexity index is 1040. The minimum Gasteiger partial charge on any atom is -0.396 e. The molecule has 6 aliphatic rings. The maximum atomic E-state index is 11.4. The molecule has 15 nitrogen and oxygen atoms in total. The van der Waals surface area contributed by atoms with E-state index in [1.165, 1.54) is 0 Å². The lowest BCUT2D eigenvalue weighted by molar-refractivity contribution is -0.433. The molecule has 6 aliphatic heterocycles. The Labute approximate surface area is 265 Å². The number of nitro groups is 2. The van der Waals surface area contributed by atoms with E-state index in [2.05, 4.69) is 21.6 Å². The maximum Gasteiger partial charge on any atom is 0.286 e.